The summed E-state index contributed by atoms with van der Waals surface area (Å²) in [6, 6.07) is 1.56. The summed E-state index contributed by atoms with van der Waals surface area (Å²) >= 11 is 7.86. The van der Waals surface area contributed by atoms with E-state index in [9.17, 15) is 9.18 Å². The van der Waals surface area contributed by atoms with Crippen molar-refractivity contribution < 1.29 is 4.39 Å². The zero-order valence-electron chi connectivity index (χ0n) is 7.65. The Bertz CT molecular complexity index is 661. The van der Waals surface area contributed by atoms with Gasteiger partial charge in [0.1, 0.15) is 0 Å². The number of benzene rings is 1. The number of fused-ring (bicyclic) bond motifs is 1. The predicted octanol–water partition coefficient (Wildman–Crippen LogP) is 2.80. The maximum Gasteiger partial charge on any atom is 0.259 e. The number of hydrogen-bond donors (Lipinski definition) is 2. The predicted molar refractivity (Wildman–Crippen MR) is 62.1 cm³/mol. The highest BCUT2D eigenvalue weighted by Crippen LogP contribution is 2.24. The Morgan fingerprint density at radius 1 is 1.47 bits per heavy atom. The van der Waals surface area contributed by atoms with E-state index in [1.165, 1.54) is 0 Å². The van der Waals surface area contributed by atoms with Gasteiger partial charge in [-0.3, -0.25) is 9.78 Å². The molecule has 2 N–H and O–H groups in total. The molecule has 3 nitrogen and oxygen atoms in total. The van der Waals surface area contributed by atoms with Crippen molar-refractivity contribution in [2.75, 3.05) is 0 Å². The van der Waals surface area contributed by atoms with Crippen molar-refractivity contribution in [2.45, 2.75) is 6.92 Å². The molecular formula is C9H6BrFN2OS. The average Bonchev–Trinajstić information content (AvgIpc) is 2.12. The third kappa shape index (κ3) is 1.63. The molecule has 0 bridgehead atoms. The number of aryl methyl sites for hydroxylation is 1. The normalized spacial score (nSPS) is 10.9. The summed E-state index contributed by atoms with van der Waals surface area (Å²) in [4.78, 5) is 16.6. The second-order valence-electron chi connectivity index (χ2n) is 3.15. The Morgan fingerprint density at radius 2 is 2.13 bits per heavy atom. The van der Waals surface area contributed by atoms with E-state index in [4.69, 9.17) is 12.2 Å². The van der Waals surface area contributed by atoms with Crippen LogP contribution < -0.4 is 5.56 Å². The van der Waals surface area contributed by atoms with E-state index in [1.54, 1.807) is 13.0 Å². The van der Waals surface area contributed by atoms with Crippen LogP contribution in [-0.2, 0) is 0 Å². The van der Waals surface area contributed by atoms with E-state index >= 15 is 0 Å². The summed E-state index contributed by atoms with van der Waals surface area (Å²) in [7, 11) is 0. The lowest BCUT2D eigenvalue weighted by molar-refractivity contribution is 0.629. The van der Waals surface area contributed by atoms with Gasteiger partial charge in [0.15, 0.2) is 10.6 Å². The second kappa shape index (κ2) is 3.53. The van der Waals surface area contributed by atoms with Gasteiger partial charge in [-0.1, -0.05) is 0 Å². The largest absolute Gasteiger partial charge is 0.329 e. The van der Waals surface area contributed by atoms with Crippen LogP contribution in [0.1, 0.15) is 5.56 Å². The molecule has 15 heavy (non-hydrogen) atoms. The van der Waals surface area contributed by atoms with Crippen LogP contribution in [0, 0.1) is 17.5 Å². The number of halogens is 2. The van der Waals surface area contributed by atoms with Gasteiger partial charge in [0.2, 0.25) is 0 Å². The van der Waals surface area contributed by atoms with Gasteiger partial charge in [-0.2, -0.15) is 0 Å². The van der Waals surface area contributed by atoms with Crippen molar-refractivity contribution in [1.29, 1.82) is 0 Å². The zero-order valence-corrected chi connectivity index (χ0v) is 10.1. The highest BCUT2D eigenvalue weighted by molar-refractivity contribution is 9.10. The molecule has 0 aliphatic heterocycles. The Balaban J connectivity index is 3.17. The van der Waals surface area contributed by atoms with Crippen LogP contribution in [0.4, 0.5) is 4.39 Å². The minimum absolute atomic E-state index is 0.115. The summed E-state index contributed by atoms with van der Waals surface area (Å²) < 4.78 is 14.1. The molecule has 0 unspecified atom stereocenters. The summed E-state index contributed by atoms with van der Waals surface area (Å²) in [6.07, 6.45) is 0. The van der Waals surface area contributed by atoms with E-state index in [0.717, 1.165) is 0 Å². The highest BCUT2D eigenvalue weighted by Gasteiger charge is 2.11. The minimum Gasteiger partial charge on any atom is -0.329 e. The van der Waals surface area contributed by atoms with Crippen molar-refractivity contribution in [1.82, 2.24) is 9.97 Å². The second-order valence-corrected chi connectivity index (χ2v) is 4.41. The van der Waals surface area contributed by atoms with Crippen LogP contribution in [0.3, 0.4) is 0 Å². The number of H-pyrrole nitrogens is 2. The van der Waals surface area contributed by atoms with Crippen LogP contribution in [-0.4, -0.2) is 9.97 Å². The monoisotopic (exact) mass is 288 g/mol. The molecule has 0 saturated carbocycles. The van der Waals surface area contributed by atoms with Gasteiger partial charge in [0, 0.05) is 0 Å². The Hall–Kier alpha value is -1.01. The van der Waals surface area contributed by atoms with Crippen LogP contribution in [0.5, 0.6) is 0 Å². The first-order valence-corrected chi connectivity index (χ1v) is 5.31. The van der Waals surface area contributed by atoms with E-state index in [2.05, 4.69) is 25.9 Å². The molecule has 1 aromatic carbocycles. The molecule has 0 atom stereocenters. The smallest absolute Gasteiger partial charge is 0.259 e. The number of rotatable bonds is 0. The van der Waals surface area contributed by atoms with E-state index < -0.39 is 5.82 Å². The standard InChI is InChI=1S/C9H6BrFN2OS/c1-3-2-4(10)6(11)7-5(3)8(14)13-9(15)12-7/h2H,1H3,(H2,12,13,14,15). The van der Waals surface area contributed by atoms with Crippen LogP contribution in [0.15, 0.2) is 15.3 Å². The minimum atomic E-state index is -0.507. The Morgan fingerprint density at radius 3 is 2.80 bits per heavy atom. The molecule has 2 rings (SSSR count). The van der Waals surface area contributed by atoms with Crippen molar-refractivity contribution in [3.63, 3.8) is 0 Å². The molecule has 6 heteroatoms. The molecule has 78 valence electrons. The number of aromatic amines is 2. The van der Waals surface area contributed by atoms with Gasteiger partial charge < -0.3 is 4.98 Å². The Labute approximate surface area is 97.5 Å². The van der Waals surface area contributed by atoms with Gasteiger partial charge >= 0.3 is 0 Å². The van der Waals surface area contributed by atoms with Gasteiger partial charge in [0.05, 0.1) is 15.4 Å². The zero-order chi connectivity index (χ0) is 11.2. The quantitative estimate of drug-likeness (QED) is 0.733. The third-order valence-corrected chi connectivity index (χ3v) is 2.89. The van der Waals surface area contributed by atoms with Crippen molar-refractivity contribution in [3.8, 4) is 0 Å². The van der Waals surface area contributed by atoms with Crippen LogP contribution in [0.2, 0.25) is 0 Å². The molecule has 0 aliphatic carbocycles. The fourth-order valence-corrected chi connectivity index (χ4v) is 2.21. The van der Waals surface area contributed by atoms with Crippen LogP contribution >= 0.6 is 28.1 Å². The summed E-state index contributed by atoms with van der Waals surface area (Å²) in [5, 5.41) is 0.296. The summed E-state index contributed by atoms with van der Waals surface area (Å²) in [5.41, 5.74) is 0.444. The molecular weight excluding hydrogens is 283 g/mol. The fraction of sp³-hybridized carbons (Fsp3) is 0.111. The molecule has 0 amide bonds. The number of hydrogen-bond acceptors (Lipinski definition) is 2. The average molecular weight is 289 g/mol. The number of nitrogens with one attached hydrogen (secondary N) is 2. The summed E-state index contributed by atoms with van der Waals surface area (Å²) in [5.74, 6) is -0.507. The maximum absolute atomic E-state index is 13.7. The molecule has 0 saturated heterocycles. The van der Waals surface area contributed by atoms with Gasteiger partial charge in [-0.15, -0.1) is 0 Å². The lowest BCUT2D eigenvalue weighted by atomic mass is 10.1. The fourth-order valence-electron chi connectivity index (χ4n) is 1.47. The van der Waals surface area contributed by atoms with E-state index in [1.807, 2.05) is 0 Å². The first-order valence-electron chi connectivity index (χ1n) is 4.11. The topological polar surface area (TPSA) is 48.6 Å². The summed E-state index contributed by atoms with van der Waals surface area (Å²) in [6.45, 7) is 1.73. The van der Waals surface area contributed by atoms with Crippen molar-refractivity contribution >= 4 is 39.1 Å². The molecule has 0 fully saturated rings. The first-order chi connectivity index (χ1) is 7.00. The molecule has 2 aromatic rings. The van der Waals surface area contributed by atoms with Gasteiger partial charge in [-0.05, 0) is 46.7 Å². The van der Waals surface area contributed by atoms with Crippen molar-refractivity contribution in [2.24, 2.45) is 0 Å². The first kappa shape index (κ1) is 10.5. The van der Waals surface area contributed by atoms with E-state index in [0.29, 0.717) is 15.4 Å². The lowest BCUT2D eigenvalue weighted by Gasteiger charge is -2.04. The SMILES string of the molecule is Cc1cc(Br)c(F)c2[nH]c(=S)[nH]c(=O)c12. The number of aromatic nitrogens is 2. The molecule has 1 heterocycles. The van der Waals surface area contributed by atoms with Gasteiger partial charge in [-0.25, -0.2) is 4.39 Å². The third-order valence-electron chi connectivity index (χ3n) is 2.11. The van der Waals surface area contributed by atoms with Crippen LogP contribution in [0.25, 0.3) is 10.9 Å². The molecule has 0 aliphatic rings. The molecule has 0 radical (unpaired) electrons. The lowest BCUT2D eigenvalue weighted by Crippen LogP contribution is -2.10. The van der Waals surface area contributed by atoms with Gasteiger partial charge in [0.25, 0.3) is 5.56 Å². The van der Waals surface area contributed by atoms with E-state index in [-0.39, 0.29) is 15.8 Å². The maximum atomic E-state index is 13.7. The van der Waals surface area contributed by atoms with Crippen molar-refractivity contribution in [3.05, 3.63) is 37.0 Å². The Kier molecular flexibility index (Phi) is 2.47. The highest BCUT2D eigenvalue weighted by atomic mass is 79.9. The molecule has 0 spiro atoms. The molecule has 1 aromatic heterocycles.